The van der Waals surface area contributed by atoms with Crippen molar-refractivity contribution in [2.45, 2.75) is 59.4 Å². The first-order valence-electron chi connectivity index (χ1n) is 8.05. The number of halogens is 1. The summed E-state index contributed by atoms with van der Waals surface area (Å²) in [5.41, 5.74) is 4.96. The van der Waals surface area contributed by atoms with Crippen molar-refractivity contribution in [3.8, 4) is 0 Å². The Balaban J connectivity index is 2.07. The SMILES string of the molecule is Cc1ccc(C(NN)C2CCC(C(C)(C)C)CC2)cc1F. The first-order chi connectivity index (χ1) is 9.82. The van der Waals surface area contributed by atoms with Gasteiger partial charge in [0.15, 0.2) is 0 Å². The minimum atomic E-state index is -0.142. The van der Waals surface area contributed by atoms with Crippen molar-refractivity contribution in [3.05, 3.63) is 35.1 Å². The molecule has 0 spiro atoms. The van der Waals surface area contributed by atoms with E-state index in [0.29, 0.717) is 16.9 Å². The molecule has 1 unspecified atom stereocenters. The zero-order valence-electron chi connectivity index (χ0n) is 13.7. The van der Waals surface area contributed by atoms with Crippen LogP contribution in [0.4, 0.5) is 4.39 Å². The van der Waals surface area contributed by atoms with E-state index in [1.54, 1.807) is 13.0 Å². The fourth-order valence-electron chi connectivity index (χ4n) is 3.63. The summed E-state index contributed by atoms with van der Waals surface area (Å²) < 4.78 is 13.8. The van der Waals surface area contributed by atoms with Crippen molar-refractivity contribution in [3.63, 3.8) is 0 Å². The predicted octanol–water partition coefficient (Wildman–Crippen LogP) is 4.49. The van der Waals surface area contributed by atoms with Gasteiger partial charge in [-0.2, -0.15) is 0 Å². The van der Waals surface area contributed by atoms with Crippen molar-refractivity contribution in [2.75, 3.05) is 0 Å². The molecule has 0 amide bonds. The van der Waals surface area contributed by atoms with Crippen LogP contribution in [0.2, 0.25) is 0 Å². The normalized spacial score (nSPS) is 24.9. The molecule has 3 heteroatoms. The lowest BCUT2D eigenvalue weighted by molar-refractivity contribution is 0.132. The van der Waals surface area contributed by atoms with Gasteiger partial charge >= 0.3 is 0 Å². The van der Waals surface area contributed by atoms with E-state index in [9.17, 15) is 4.39 Å². The number of hydrazine groups is 1. The first kappa shape index (κ1) is 16.4. The van der Waals surface area contributed by atoms with Crippen LogP contribution in [0.15, 0.2) is 18.2 Å². The molecule has 1 aliphatic rings. The lowest BCUT2D eigenvalue weighted by Gasteiger charge is -2.39. The third-order valence-electron chi connectivity index (χ3n) is 5.20. The molecule has 0 heterocycles. The van der Waals surface area contributed by atoms with Crippen LogP contribution >= 0.6 is 0 Å². The van der Waals surface area contributed by atoms with Crippen molar-refractivity contribution in [1.29, 1.82) is 0 Å². The third kappa shape index (κ3) is 3.83. The quantitative estimate of drug-likeness (QED) is 0.636. The molecule has 2 rings (SSSR count). The molecule has 21 heavy (non-hydrogen) atoms. The standard InChI is InChI=1S/C18H29FN2/c1-12-5-6-14(11-16(12)19)17(21-20)13-7-9-15(10-8-13)18(2,3)4/h5-6,11,13,15,17,21H,7-10,20H2,1-4H3. The van der Waals surface area contributed by atoms with E-state index in [1.807, 2.05) is 12.1 Å². The van der Waals surface area contributed by atoms with Crippen LogP contribution in [-0.4, -0.2) is 0 Å². The van der Waals surface area contributed by atoms with Gasteiger partial charge in [0.2, 0.25) is 0 Å². The van der Waals surface area contributed by atoms with Crippen LogP contribution in [0, 0.1) is 30.0 Å². The Morgan fingerprint density at radius 1 is 1.19 bits per heavy atom. The van der Waals surface area contributed by atoms with Crippen LogP contribution < -0.4 is 11.3 Å². The highest BCUT2D eigenvalue weighted by atomic mass is 19.1. The summed E-state index contributed by atoms with van der Waals surface area (Å²) in [6.45, 7) is 8.77. The summed E-state index contributed by atoms with van der Waals surface area (Å²) >= 11 is 0. The molecule has 3 N–H and O–H groups in total. The summed E-state index contributed by atoms with van der Waals surface area (Å²) in [5, 5.41) is 0. The highest BCUT2D eigenvalue weighted by molar-refractivity contribution is 5.26. The Morgan fingerprint density at radius 2 is 1.81 bits per heavy atom. The zero-order valence-corrected chi connectivity index (χ0v) is 13.7. The van der Waals surface area contributed by atoms with Crippen LogP contribution in [0.5, 0.6) is 0 Å². The van der Waals surface area contributed by atoms with E-state index in [0.717, 1.165) is 24.3 Å². The maximum atomic E-state index is 13.8. The minimum absolute atomic E-state index is 0.0565. The van der Waals surface area contributed by atoms with E-state index in [-0.39, 0.29) is 11.9 Å². The lowest BCUT2D eigenvalue weighted by atomic mass is 9.68. The van der Waals surface area contributed by atoms with Gasteiger partial charge in [-0.1, -0.05) is 32.9 Å². The second-order valence-electron chi connectivity index (χ2n) is 7.63. The molecule has 0 bridgehead atoms. The van der Waals surface area contributed by atoms with Crippen molar-refractivity contribution in [1.82, 2.24) is 5.43 Å². The Hall–Kier alpha value is -0.930. The molecule has 1 fully saturated rings. The van der Waals surface area contributed by atoms with Crippen LogP contribution in [-0.2, 0) is 0 Å². The van der Waals surface area contributed by atoms with E-state index in [4.69, 9.17) is 5.84 Å². The zero-order chi connectivity index (χ0) is 15.6. The second kappa shape index (κ2) is 6.45. The summed E-state index contributed by atoms with van der Waals surface area (Å²) in [6.07, 6.45) is 4.79. The Morgan fingerprint density at radius 3 is 2.29 bits per heavy atom. The number of rotatable bonds is 3. The van der Waals surface area contributed by atoms with Gasteiger partial charge in [-0.05, 0) is 67.1 Å². The molecule has 0 radical (unpaired) electrons. The van der Waals surface area contributed by atoms with Gasteiger partial charge in [-0.15, -0.1) is 0 Å². The Labute approximate surface area is 128 Å². The monoisotopic (exact) mass is 292 g/mol. The van der Waals surface area contributed by atoms with Crippen LogP contribution in [0.3, 0.4) is 0 Å². The Bertz CT molecular complexity index is 471. The molecular formula is C18H29FN2. The van der Waals surface area contributed by atoms with Gasteiger partial charge in [0.05, 0.1) is 0 Å². The second-order valence-corrected chi connectivity index (χ2v) is 7.63. The molecule has 1 aromatic carbocycles. The van der Waals surface area contributed by atoms with Gasteiger partial charge in [0.1, 0.15) is 5.82 Å². The van der Waals surface area contributed by atoms with E-state index >= 15 is 0 Å². The molecule has 1 saturated carbocycles. The number of hydrogen-bond acceptors (Lipinski definition) is 2. The summed E-state index contributed by atoms with van der Waals surface area (Å²) in [4.78, 5) is 0. The lowest BCUT2D eigenvalue weighted by Crippen LogP contribution is -2.36. The van der Waals surface area contributed by atoms with Gasteiger partial charge in [-0.25, -0.2) is 4.39 Å². The molecule has 1 aromatic rings. The van der Waals surface area contributed by atoms with Gasteiger partial charge < -0.3 is 0 Å². The molecule has 0 aromatic heterocycles. The topological polar surface area (TPSA) is 38.0 Å². The fraction of sp³-hybridized carbons (Fsp3) is 0.667. The van der Waals surface area contributed by atoms with Crippen LogP contribution in [0.25, 0.3) is 0 Å². The highest BCUT2D eigenvalue weighted by Gasteiger charge is 2.33. The smallest absolute Gasteiger partial charge is 0.126 e. The van der Waals surface area contributed by atoms with Gasteiger partial charge in [0.25, 0.3) is 0 Å². The van der Waals surface area contributed by atoms with Crippen LogP contribution in [0.1, 0.15) is 63.6 Å². The molecule has 0 saturated heterocycles. The minimum Gasteiger partial charge on any atom is -0.271 e. The van der Waals surface area contributed by atoms with Gasteiger partial charge in [0, 0.05) is 6.04 Å². The van der Waals surface area contributed by atoms with Crippen molar-refractivity contribution < 1.29 is 4.39 Å². The number of nitrogens with one attached hydrogen (secondary N) is 1. The maximum Gasteiger partial charge on any atom is 0.126 e. The number of benzene rings is 1. The number of nitrogens with two attached hydrogens (primary N) is 1. The van der Waals surface area contributed by atoms with E-state index in [1.165, 1.54) is 12.8 Å². The molecular weight excluding hydrogens is 263 g/mol. The van der Waals surface area contributed by atoms with E-state index in [2.05, 4.69) is 26.2 Å². The Kier molecular flexibility index (Phi) is 5.05. The maximum absolute atomic E-state index is 13.8. The average Bonchev–Trinajstić information content (AvgIpc) is 2.43. The summed E-state index contributed by atoms with van der Waals surface area (Å²) in [7, 11) is 0. The first-order valence-corrected chi connectivity index (χ1v) is 8.05. The molecule has 2 nitrogen and oxygen atoms in total. The number of aryl methyl sites for hydroxylation is 1. The fourth-order valence-corrected chi connectivity index (χ4v) is 3.63. The summed E-state index contributed by atoms with van der Waals surface area (Å²) in [5.74, 6) is 6.90. The average molecular weight is 292 g/mol. The molecule has 0 aliphatic heterocycles. The van der Waals surface area contributed by atoms with Gasteiger partial charge in [-0.3, -0.25) is 11.3 Å². The molecule has 1 aliphatic carbocycles. The molecule has 118 valence electrons. The third-order valence-corrected chi connectivity index (χ3v) is 5.20. The number of hydrogen-bond donors (Lipinski definition) is 2. The largest absolute Gasteiger partial charge is 0.271 e. The summed E-state index contributed by atoms with van der Waals surface area (Å²) in [6, 6.07) is 5.53. The highest BCUT2D eigenvalue weighted by Crippen LogP contribution is 2.43. The van der Waals surface area contributed by atoms with Crippen molar-refractivity contribution in [2.24, 2.45) is 23.1 Å². The predicted molar refractivity (Wildman–Crippen MR) is 86.1 cm³/mol. The molecule has 1 atom stereocenters. The van der Waals surface area contributed by atoms with E-state index < -0.39 is 0 Å². The van der Waals surface area contributed by atoms with Crippen molar-refractivity contribution >= 4 is 0 Å².